The van der Waals surface area contributed by atoms with Crippen molar-refractivity contribution < 1.29 is 4.52 Å². The van der Waals surface area contributed by atoms with Crippen molar-refractivity contribution in [3.63, 3.8) is 0 Å². The fourth-order valence-electron chi connectivity index (χ4n) is 3.55. The van der Waals surface area contributed by atoms with Crippen LogP contribution in [0.3, 0.4) is 0 Å². The lowest BCUT2D eigenvalue weighted by atomic mass is 9.94. The summed E-state index contributed by atoms with van der Waals surface area (Å²) in [6.07, 6.45) is 7.47. The maximum absolute atomic E-state index is 5.52. The van der Waals surface area contributed by atoms with E-state index in [2.05, 4.69) is 59.2 Å². The molecule has 4 nitrogen and oxygen atoms in total. The topological polar surface area (TPSA) is 42.2 Å². The fourth-order valence-corrected chi connectivity index (χ4v) is 3.55. The minimum absolute atomic E-state index is 0.550. The number of benzene rings is 1. The van der Waals surface area contributed by atoms with Gasteiger partial charge in [0.25, 0.3) is 0 Å². The zero-order valence-electron chi connectivity index (χ0n) is 14.9. The van der Waals surface area contributed by atoms with Crippen LogP contribution in [0.4, 0.5) is 0 Å². The second-order valence-electron chi connectivity index (χ2n) is 7.38. The Balaban J connectivity index is 1.70. The van der Waals surface area contributed by atoms with Crippen molar-refractivity contribution in [2.24, 2.45) is 5.92 Å². The van der Waals surface area contributed by atoms with Crippen molar-refractivity contribution in [3.8, 4) is 0 Å². The highest BCUT2D eigenvalue weighted by atomic mass is 16.5. The minimum Gasteiger partial charge on any atom is -0.338 e. The van der Waals surface area contributed by atoms with Crippen molar-refractivity contribution in [2.45, 2.75) is 71.5 Å². The Bertz CT molecular complexity index is 602. The molecule has 1 aromatic carbocycles. The molecule has 1 fully saturated rings. The lowest BCUT2D eigenvalue weighted by Gasteiger charge is -2.33. The molecule has 3 rings (SSSR count). The molecular formula is C20H29N3O. The Morgan fingerprint density at radius 2 is 1.83 bits per heavy atom. The van der Waals surface area contributed by atoms with E-state index in [1.54, 1.807) is 0 Å². The van der Waals surface area contributed by atoms with Crippen LogP contribution in [0.15, 0.2) is 34.9 Å². The Morgan fingerprint density at radius 1 is 1.08 bits per heavy atom. The lowest BCUT2D eigenvalue weighted by Crippen LogP contribution is -2.36. The average molecular weight is 327 g/mol. The Morgan fingerprint density at radius 3 is 2.54 bits per heavy atom. The van der Waals surface area contributed by atoms with Crippen LogP contribution >= 0.6 is 0 Å². The van der Waals surface area contributed by atoms with Gasteiger partial charge in [-0.1, -0.05) is 68.6 Å². The smallest absolute Gasteiger partial charge is 0.240 e. The van der Waals surface area contributed by atoms with Crippen molar-refractivity contribution in [3.05, 3.63) is 47.6 Å². The molecule has 0 bridgehead atoms. The van der Waals surface area contributed by atoms with Crippen LogP contribution in [0.2, 0.25) is 0 Å². The van der Waals surface area contributed by atoms with Crippen LogP contribution in [0.5, 0.6) is 0 Å². The van der Waals surface area contributed by atoms with Gasteiger partial charge in [0.05, 0.1) is 6.54 Å². The summed E-state index contributed by atoms with van der Waals surface area (Å²) in [7, 11) is 0. The second kappa shape index (κ2) is 8.43. The molecule has 0 aliphatic heterocycles. The standard InChI is InChI=1S/C20H29N3O/c1-16(2)13-19-21-20(24-22-19)15-23(18-11-7-4-8-12-18)14-17-9-5-3-6-10-17/h3,5-6,9-10,16,18H,4,7-8,11-15H2,1-2H3. The molecule has 0 saturated heterocycles. The SMILES string of the molecule is CC(C)Cc1noc(CN(Cc2ccccc2)C2CCCCC2)n1. The first-order valence-electron chi connectivity index (χ1n) is 9.30. The van der Waals surface area contributed by atoms with Crippen LogP contribution in [0, 0.1) is 5.92 Å². The van der Waals surface area contributed by atoms with Gasteiger partial charge < -0.3 is 4.52 Å². The summed E-state index contributed by atoms with van der Waals surface area (Å²) < 4.78 is 5.52. The molecule has 1 aliphatic rings. The van der Waals surface area contributed by atoms with Crippen LogP contribution in [0.1, 0.15) is 63.2 Å². The van der Waals surface area contributed by atoms with E-state index < -0.39 is 0 Å². The maximum Gasteiger partial charge on any atom is 0.240 e. The Kier molecular flexibility index (Phi) is 6.02. The number of hydrogen-bond acceptors (Lipinski definition) is 4. The summed E-state index contributed by atoms with van der Waals surface area (Å²) in [5.41, 5.74) is 1.35. The molecule has 0 N–H and O–H groups in total. The average Bonchev–Trinajstić information content (AvgIpc) is 3.02. The van der Waals surface area contributed by atoms with Gasteiger partial charge in [0.1, 0.15) is 0 Å². The van der Waals surface area contributed by atoms with Gasteiger partial charge in [-0.15, -0.1) is 0 Å². The first-order valence-corrected chi connectivity index (χ1v) is 9.30. The van der Waals surface area contributed by atoms with E-state index in [0.29, 0.717) is 12.0 Å². The highest BCUT2D eigenvalue weighted by Gasteiger charge is 2.23. The van der Waals surface area contributed by atoms with Crippen LogP contribution < -0.4 is 0 Å². The molecule has 0 radical (unpaired) electrons. The van der Waals surface area contributed by atoms with Crippen molar-refractivity contribution in [1.82, 2.24) is 15.0 Å². The zero-order chi connectivity index (χ0) is 16.8. The maximum atomic E-state index is 5.52. The van der Waals surface area contributed by atoms with E-state index in [1.165, 1.54) is 37.7 Å². The lowest BCUT2D eigenvalue weighted by molar-refractivity contribution is 0.124. The van der Waals surface area contributed by atoms with Gasteiger partial charge in [-0.25, -0.2) is 0 Å². The molecule has 1 aromatic heterocycles. The molecule has 4 heteroatoms. The minimum atomic E-state index is 0.550. The Labute approximate surface area is 145 Å². The van der Waals surface area contributed by atoms with Crippen molar-refractivity contribution in [2.75, 3.05) is 0 Å². The molecule has 0 atom stereocenters. The van der Waals surface area contributed by atoms with E-state index in [0.717, 1.165) is 31.2 Å². The Hall–Kier alpha value is -1.68. The van der Waals surface area contributed by atoms with E-state index in [-0.39, 0.29) is 0 Å². The van der Waals surface area contributed by atoms with Gasteiger partial charge in [0.15, 0.2) is 5.82 Å². The predicted octanol–water partition coefficient (Wildman–Crippen LogP) is 4.60. The van der Waals surface area contributed by atoms with Gasteiger partial charge in [0.2, 0.25) is 5.89 Å². The molecular weight excluding hydrogens is 298 g/mol. The molecule has 1 heterocycles. The highest BCUT2D eigenvalue weighted by molar-refractivity contribution is 5.14. The van der Waals surface area contributed by atoms with E-state index in [9.17, 15) is 0 Å². The zero-order valence-corrected chi connectivity index (χ0v) is 14.9. The molecule has 0 spiro atoms. The summed E-state index contributed by atoms with van der Waals surface area (Å²) in [5, 5.41) is 4.15. The third-order valence-corrected chi connectivity index (χ3v) is 4.76. The summed E-state index contributed by atoms with van der Waals surface area (Å²) in [6.45, 7) is 6.07. The third-order valence-electron chi connectivity index (χ3n) is 4.76. The van der Waals surface area contributed by atoms with Gasteiger partial charge in [0, 0.05) is 19.0 Å². The quantitative estimate of drug-likeness (QED) is 0.745. The summed E-state index contributed by atoms with van der Waals surface area (Å²) in [6, 6.07) is 11.3. The molecule has 0 amide bonds. The molecule has 0 unspecified atom stereocenters. The van der Waals surface area contributed by atoms with Gasteiger partial charge >= 0.3 is 0 Å². The third kappa shape index (κ3) is 4.91. The first kappa shape index (κ1) is 17.2. The van der Waals surface area contributed by atoms with Crippen LogP contribution in [-0.4, -0.2) is 21.1 Å². The van der Waals surface area contributed by atoms with Crippen LogP contribution in [-0.2, 0) is 19.5 Å². The van der Waals surface area contributed by atoms with Crippen LogP contribution in [0.25, 0.3) is 0 Å². The van der Waals surface area contributed by atoms with E-state index in [4.69, 9.17) is 4.52 Å². The molecule has 1 aliphatic carbocycles. The summed E-state index contributed by atoms with van der Waals surface area (Å²) in [4.78, 5) is 7.14. The number of rotatable bonds is 7. The summed E-state index contributed by atoms with van der Waals surface area (Å²) >= 11 is 0. The van der Waals surface area contributed by atoms with Crippen molar-refractivity contribution in [1.29, 1.82) is 0 Å². The largest absolute Gasteiger partial charge is 0.338 e. The van der Waals surface area contributed by atoms with Crippen molar-refractivity contribution >= 4 is 0 Å². The summed E-state index contributed by atoms with van der Waals surface area (Å²) in [5.74, 6) is 2.14. The first-order chi connectivity index (χ1) is 11.7. The van der Waals surface area contributed by atoms with Gasteiger partial charge in [-0.3, -0.25) is 4.90 Å². The number of nitrogens with zero attached hydrogens (tertiary/aromatic N) is 3. The molecule has 1 saturated carbocycles. The van der Waals surface area contributed by atoms with E-state index in [1.807, 2.05) is 0 Å². The number of hydrogen-bond donors (Lipinski definition) is 0. The molecule has 2 aromatic rings. The monoisotopic (exact) mass is 327 g/mol. The predicted molar refractivity (Wildman–Crippen MR) is 95.4 cm³/mol. The second-order valence-corrected chi connectivity index (χ2v) is 7.38. The van der Waals surface area contributed by atoms with Gasteiger partial charge in [-0.2, -0.15) is 4.98 Å². The fraction of sp³-hybridized carbons (Fsp3) is 0.600. The van der Waals surface area contributed by atoms with Gasteiger partial charge in [-0.05, 0) is 24.3 Å². The normalized spacial score (nSPS) is 16.2. The highest BCUT2D eigenvalue weighted by Crippen LogP contribution is 2.25. The number of aromatic nitrogens is 2. The van der Waals surface area contributed by atoms with E-state index >= 15 is 0 Å². The molecule has 130 valence electrons. The molecule has 24 heavy (non-hydrogen) atoms.